The van der Waals surface area contributed by atoms with E-state index in [2.05, 4.69) is 26.4 Å². The van der Waals surface area contributed by atoms with Crippen LogP contribution in [-0.4, -0.2) is 51.2 Å². The third-order valence-electron chi connectivity index (χ3n) is 7.46. The summed E-state index contributed by atoms with van der Waals surface area (Å²) in [6.45, 7) is 4.27. The highest BCUT2D eigenvalue weighted by Crippen LogP contribution is 2.40. The maximum Gasteiger partial charge on any atom is 0.271 e. The van der Waals surface area contributed by atoms with E-state index in [-0.39, 0.29) is 17.6 Å². The Bertz CT molecular complexity index is 1530. The summed E-state index contributed by atoms with van der Waals surface area (Å²) < 4.78 is 7.41. The fourth-order valence-corrected chi connectivity index (χ4v) is 6.00. The Kier molecular flexibility index (Phi) is 6.34. The third kappa shape index (κ3) is 4.41. The van der Waals surface area contributed by atoms with Crippen molar-refractivity contribution < 1.29 is 9.53 Å². The number of carbonyl (C=O) groups is 1. The summed E-state index contributed by atoms with van der Waals surface area (Å²) in [5, 5.41) is 17.4. The number of nitriles is 1. The van der Waals surface area contributed by atoms with Gasteiger partial charge in [0.15, 0.2) is 0 Å². The predicted octanol–water partition coefficient (Wildman–Crippen LogP) is 4.36. The Morgan fingerprint density at radius 1 is 1.21 bits per heavy atom. The van der Waals surface area contributed by atoms with Gasteiger partial charge in [-0.05, 0) is 61.9 Å². The molecule has 1 saturated carbocycles. The average Bonchev–Trinajstić information content (AvgIpc) is 3.62. The van der Waals surface area contributed by atoms with E-state index in [4.69, 9.17) is 21.3 Å². The Morgan fingerprint density at radius 3 is 2.71 bits per heavy atom. The molecule has 38 heavy (non-hydrogen) atoms. The molecule has 0 aromatic carbocycles. The van der Waals surface area contributed by atoms with Gasteiger partial charge < -0.3 is 15.0 Å². The summed E-state index contributed by atoms with van der Waals surface area (Å²) >= 11 is 6.14. The molecular weight excluding hydrogens is 502 g/mol. The number of amides is 1. The minimum absolute atomic E-state index is 0.123. The highest BCUT2D eigenvalue weighted by atomic mass is 35.5. The molecule has 9 nitrogen and oxygen atoms in total. The minimum atomic E-state index is -0.213. The normalized spacial score (nSPS) is 20.3. The molecule has 4 aromatic rings. The fraction of sp³-hybridized carbons (Fsp3) is 0.321. The second kappa shape index (κ2) is 9.95. The number of hydrogen-bond acceptors (Lipinski definition) is 7. The van der Waals surface area contributed by atoms with Gasteiger partial charge in [-0.1, -0.05) is 11.6 Å². The number of anilines is 1. The zero-order valence-electron chi connectivity index (χ0n) is 20.8. The highest BCUT2D eigenvalue weighted by molar-refractivity contribution is 6.33. The molecule has 3 atom stereocenters. The van der Waals surface area contributed by atoms with Crippen LogP contribution < -0.4 is 15.0 Å². The van der Waals surface area contributed by atoms with Crippen molar-refractivity contribution in [1.29, 1.82) is 5.26 Å². The summed E-state index contributed by atoms with van der Waals surface area (Å²) in [6.07, 6.45) is 8.64. The van der Waals surface area contributed by atoms with Gasteiger partial charge in [0.25, 0.3) is 5.91 Å². The number of ether oxygens (including phenoxy) is 1. The average molecular weight is 528 g/mol. The van der Waals surface area contributed by atoms with E-state index in [0.717, 1.165) is 48.4 Å². The Balaban J connectivity index is 1.15. The van der Waals surface area contributed by atoms with Crippen molar-refractivity contribution in [2.24, 2.45) is 11.8 Å². The van der Waals surface area contributed by atoms with Crippen LogP contribution in [0.3, 0.4) is 0 Å². The number of aromatic nitrogens is 4. The van der Waals surface area contributed by atoms with E-state index in [9.17, 15) is 10.1 Å². The van der Waals surface area contributed by atoms with Crippen LogP contribution in [0.4, 0.5) is 5.82 Å². The molecule has 0 bridgehead atoms. The number of pyridine rings is 3. The quantitative estimate of drug-likeness (QED) is 0.397. The van der Waals surface area contributed by atoms with Gasteiger partial charge in [0.1, 0.15) is 23.3 Å². The lowest BCUT2D eigenvalue weighted by molar-refractivity contribution is 0.0931. The molecule has 1 aliphatic carbocycles. The van der Waals surface area contributed by atoms with Crippen LogP contribution in [-0.2, 0) is 0 Å². The molecule has 1 aliphatic heterocycles. The molecule has 2 fully saturated rings. The molecule has 0 unspecified atom stereocenters. The standard InChI is InChI=1S/C28H26ClN7O2/c1-2-38-22-10-23(27-20(11-30)13-33-36(27)16-22)17-5-6-25(32-12-17)35-14-18-8-21(9-19(18)15-35)34-28(37)26-24(29)4-3-7-31-26/h3-7,10,12-13,16,18-19,21H,2,8-9,14-15H2,1H3,(H,34,37)/t18-,19+,21+. The molecule has 1 amide bonds. The molecule has 1 N–H and O–H groups in total. The number of rotatable bonds is 6. The zero-order chi connectivity index (χ0) is 26.2. The van der Waals surface area contributed by atoms with Crippen LogP contribution in [0.25, 0.3) is 16.6 Å². The monoisotopic (exact) mass is 527 g/mol. The largest absolute Gasteiger partial charge is 0.492 e. The molecule has 5 heterocycles. The molecule has 4 aromatic heterocycles. The van der Waals surface area contributed by atoms with Crippen molar-refractivity contribution >= 4 is 28.8 Å². The summed E-state index contributed by atoms with van der Waals surface area (Å²) in [4.78, 5) is 23.9. The van der Waals surface area contributed by atoms with Crippen LogP contribution >= 0.6 is 11.6 Å². The van der Waals surface area contributed by atoms with E-state index >= 15 is 0 Å². The van der Waals surface area contributed by atoms with Crippen LogP contribution in [0, 0.1) is 23.2 Å². The molecule has 10 heteroatoms. The van der Waals surface area contributed by atoms with E-state index in [0.29, 0.717) is 34.8 Å². The molecule has 1 saturated heterocycles. The summed E-state index contributed by atoms with van der Waals surface area (Å²) in [5.74, 6) is 2.39. The number of hydrogen-bond donors (Lipinski definition) is 1. The molecule has 6 rings (SSSR count). The van der Waals surface area contributed by atoms with Gasteiger partial charge in [0.05, 0.1) is 35.1 Å². The summed E-state index contributed by atoms with van der Waals surface area (Å²) in [6, 6.07) is 11.8. The molecule has 0 radical (unpaired) electrons. The van der Waals surface area contributed by atoms with Crippen molar-refractivity contribution in [2.45, 2.75) is 25.8 Å². The van der Waals surface area contributed by atoms with Crippen molar-refractivity contribution in [3.8, 4) is 22.9 Å². The molecular formula is C28H26ClN7O2. The van der Waals surface area contributed by atoms with E-state index in [1.807, 2.05) is 31.3 Å². The Hall–Kier alpha value is -4.16. The minimum Gasteiger partial charge on any atom is -0.492 e. The second-order valence-electron chi connectivity index (χ2n) is 9.79. The number of nitrogens with zero attached hydrogens (tertiary/aromatic N) is 6. The van der Waals surface area contributed by atoms with Gasteiger partial charge >= 0.3 is 0 Å². The van der Waals surface area contributed by atoms with E-state index in [1.54, 1.807) is 35.2 Å². The highest BCUT2D eigenvalue weighted by Gasteiger charge is 2.42. The number of halogens is 1. The first-order valence-electron chi connectivity index (χ1n) is 12.7. The second-order valence-corrected chi connectivity index (χ2v) is 10.2. The first-order chi connectivity index (χ1) is 18.5. The van der Waals surface area contributed by atoms with Crippen molar-refractivity contribution in [1.82, 2.24) is 24.9 Å². The molecule has 0 spiro atoms. The van der Waals surface area contributed by atoms with Crippen molar-refractivity contribution in [3.63, 3.8) is 0 Å². The third-order valence-corrected chi connectivity index (χ3v) is 7.77. The van der Waals surface area contributed by atoms with Crippen molar-refractivity contribution in [2.75, 3.05) is 24.6 Å². The number of nitrogens with one attached hydrogen (secondary N) is 1. The van der Waals surface area contributed by atoms with Gasteiger partial charge in [-0.2, -0.15) is 10.4 Å². The summed E-state index contributed by atoms with van der Waals surface area (Å²) in [7, 11) is 0. The number of carbonyl (C=O) groups excluding carboxylic acids is 1. The lowest BCUT2D eigenvalue weighted by Gasteiger charge is -2.21. The summed E-state index contributed by atoms with van der Waals surface area (Å²) in [5.41, 5.74) is 3.27. The van der Waals surface area contributed by atoms with Gasteiger partial charge in [-0.15, -0.1) is 0 Å². The van der Waals surface area contributed by atoms with E-state index < -0.39 is 0 Å². The van der Waals surface area contributed by atoms with Crippen LogP contribution in [0.2, 0.25) is 5.02 Å². The molecule has 2 aliphatic rings. The van der Waals surface area contributed by atoms with Gasteiger partial charge in [0.2, 0.25) is 0 Å². The van der Waals surface area contributed by atoms with Crippen LogP contribution in [0.15, 0.2) is 55.1 Å². The van der Waals surface area contributed by atoms with Gasteiger partial charge in [0, 0.05) is 42.7 Å². The predicted molar refractivity (Wildman–Crippen MR) is 143 cm³/mol. The Morgan fingerprint density at radius 2 is 2.03 bits per heavy atom. The lowest BCUT2D eigenvalue weighted by atomic mass is 10.0. The maximum absolute atomic E-state index is 12.6. The Labute approximate surface area is 225 Å². The van der Waals surface area contributed by atoms with Crippen LogP contribution in [0.5, 0.6) is 5.75 Å². The topological polar surface area (TPSA) is 108 Å². The first-order valence-corrected chi connectivity index (χ1v) is 13.1. The molecule has 192 valence electrons. The van der Waals surface area contributed by atoms with Gasteiger partial charge in [-0.25, -0.2) is 14.5 Å². The van der Waals surface area contributed by atoms with Gasteiger partial charge in [-0.3, -0.25) is 4.79 Å². The first kappa shape index (κ1) is 24.2. The van der Waals surface area contributed by atoms with Crippen LogP contribution in [0.1, 0.15) is 35.8 Å². The fourth-order valence-electron chi connectivity index (χ4n) is 5.79. The SMILES string of the molecule is CCOc1cc(-c2ccc(N3C[C@H]4C[C@H](NC(=O)c5ncccc5Cl)C[C@H]4C3)nc2)c2c(C#N)cnn2c1. The smallest absolute Gasteiger partial charge is 0.271 e. The van der Waals surface area contributed by atoms with Crippen molar-refractivity contribution in [3.05, 3.63) is 71.4 Å². The number of fused-ring (bicyclic) bond motifs is 2. The van der Waals surface area contributed by atoms with E-state index in [1.165, 1.54) is 0 Å². The zero-order valence-corrected chi connectivity index (χ0v) is 21.6. The maximum atomic E-state index is 12.6. The lowest BCUT2D eigenvalue weighted by Crippen LogP contribution is -2.35.